The first-order valence-electron chi connectivity index (χ1n) is 12.1. The summed E-state index contributed by atoms with van der Waals surface area (Å²) in [5, 5.41) is 35.1. The zero-order valence-electron chi connectivity index (χ0n) is 18.8. The number of aliphatic carboxylic acids is 1. The lowest BCUT2D eigenvalue weighted by molar-refractivity contribution is -0.232. The van der Waals surface area contributed by atoms with E-state index in [2.05, 4.69) is 34.6 Å². The van der Waals surface area contributed by atoms with E-state index in [0.29, 0.717) is 24.2 Å². The van der Waals surface area contributed by atoms with E-state index in [-0.39, 0.29) is 34.5 Å². The van der Waals surface area contributed by atoms with Crippen LogP contribution in [0, 0.1) is 57.7 Å². The fourth-order valence-corrected chi connectivity index (χ4v) is 10.3. The molecule has 3 N–H and O–H groups in total. The number of hydrogen-bond donors (Lipinski definition) is 3. The maximum absolute atomic E-state index is 13.0. The van der Waals surface area contributed by atoms with E-state index in [1.165, 1.54) is 0 Å². The predicted octanol–water partition coefficient (Wildman–Crippen LogP) is 4.33. The van der Waals surface area contributed by atoms with Crippen molar-refractivity contribution in [3.05, 3.63) is 0 Å². The van der Waals surface area contributed by atoms with Crippen molar-refractivity contribution in [1.82, 2.24) is 0 Å². The van der Waals surface area contributed by atoms with Gasteiger partial charge in [0.15, 0.2) is 0 Å². The highest BCUT2D eigenvalue weighted by atomic mass is 16.4. The predicted molar refractivity (Wildman–Crippen MR) is 111 cm³/mol. The highest BCUT2D eigenvalue weighted by Crippen LogP contribution is 2.88. The lowest BCUT2D eigenvalue weighted by atomic mass is 9.49. The van der Waals surface area contributed by atoms with Gasteiger partial charge in [0.1, 0.15) is 5.41 Å². The largest absolute Gasteiger partial charge is 0.481 e. The molecule has 29 heavy (non-hydrogen) atoms. The summed E-state index contributed by atoms with van der Waals surface area (Å²) >= 11 is 0. The Morgan fingerprint density at radius 3 is 2.38 bits per heavy atom. The zero-order chi connectivity index (χ0) is 21.1. The van der Waals surface area contributed by atoms with Crippen molar-refractivity contribution in [1.29, 1.82) is 0 Å². The van der Waals surface area contributed by atoms with Crippen molar-refractivity contribution in [3.8, 4) is 0 Å². The summed E-state index contributed by atoms with van der Waals surface area (Å²) in [5.74, 6) is 0.604. The van der Waals surface area contributed by atoms with Crippen LogP contribution in [0.1, 0.15) is 79.6 Å². The smallest absolute Gasteiger partial charge is 0.313 e. The lowest BCUT2D eigenvalue weighted by Gasteiger charge is -2.58. The van der Waals surface area contributed by atoms with E-state index in [4.69, 9.17) is 0 Å². The molecule has 0 radical (unpaired) electrons. The lowest BCUT2D eigenvalue weighted by Crippen LogP contribution is -2.66. The molecule has 0 aliphatic heterocycles. The van der Waals surface area contributed by atoms with Crippen LogP contribution in [0.3, 0.4) is 0 Å². The number of carboxylic acid groups (broad SMARTS) is 1. The average molecular weight is 405 g/mol. The summed E-state index contributed by atoms with van der Waals surface area (Å²) in [6.45, 7) is 11.1. The van der Waals surface area contributed by atoms with Gasteiger partial charge in [-0.3, -0.25) is 4.79 Å². The Labute approximate surface area is 175 Å². The summed E-state index contributed by atoms with van der Waals surface area (Å²) in [5.41, 5.74) is -2.82. The van der Waals surface area contributed by atoms with Gasteiger partial charge in [-0.2, -0.15) is 0 Å². The van der Waals surface area contributed by atoms with Gasteiger partial charge in [0.2, 0.25) is 0 Å². The zero-order valence-corrected chi connectivity index (χ0v) is 18.8. The SMILES string of the molecule is CC(C)[C@H]1CC[C@]2(C)[C@@H](O)[C@@H]3[C@@H](C)CC[C@@]45[C@@H](CC[C@@H]4C)[C@]5(C(=O)O)[C@@]3(O)C[C@@H]12. The Hall–Kier alpha value is -0.610. The van der Waals surface area contributed by atoms with Crippen LogP contribution in [-0.4, -0.2) is 33.0 Å². The van der Waals surface area contributed by atoms with Gasteiger partial charge in [0.25, 0.3) is 0 Å². The van der Waals surface area contributed by atoms with Gasteiger partial charge < -0.3 is 15.3 Å². The molecule has 0 unspecified atom stereocenters. The minimum atomic E-state index is -1.30. The second-order valence-corrected chi connectivity index (χ2v) is 12.4. The molecule has 0 aromatic rings. The second-order valence-electron chi connectivity index (χ2n) is 12.4. The number of hydrogen-bond acceptors (Lipinski definition) is 3. The van der Waals surface area contributed by atoms with Crippen molar-refractivity contribution in [3.63, 3.8) is 0 Å². The minimum absolute atomic E-state index is 0.0814. The van der Waals surface area contributed by atoms with Gasteiger partial charge in [-0.1, -0.05) is 34.6 Å². The second kappa shape index (κ2) is 5.79. The maximum atomic E-state index is 13.0. The van der Waals surface area contributed by atoms with E-state index in [1.54, 1.807) is 0 Å². The molecule has 4 nitrogen and oxygen atoms in total. The normalized spacial score (nSPS) is 60.8. The van der Waals surface area contributed by atoms with Crippen LogP contribution in [0.4, 0.5) is 0 Å². The summed E-state index contributed by atoms with van der Waals surface area (Å²) in [7, 11) is 0. The molecule has 5 fully saturated rings. The fraction of sp³-hybridized carbons (Fsp3) is 0.960. The Bertz CT molecular complexity index is 734. The first-order valence-corrected chi connectivity index (χ1v) is 12.1. The molecule has 1 spiro atoms. The van der Waals surface area contributed by atoms with Crippen molar-refractivity contribution in [2.24, 2.45) is 57.7 Å². The molecule has 5 rings (SSSR count). The standard InChI is InChI=1S/C25H40O4/c1-13(2)16-9-10-22(5)17(16)12-24(29)19(20(22)26)14(3)8-11-23-15(4)6-7-18(23)25(23,24)21(27)28/h13-20,26,29H,6-12H2,1-5H3,(H,27,28)/t14-,15-,16+,17-,18+,19-,20-,22-,23-,24+,25+/m0/s1. The van der Waals surface area contributed by atoms with Gasteiger partial charge in [-0.05, 0) is 91.3 Å². The van der Waals surface area contributed by atoms with Crippen LogP contribution in [-0.2, 0) is 4.79 Å². The number of aliphatic hydroxyl groups is 2. The van der Waals surface area contributed by atoms with Crippen molar-refractivity contribution in [2.45, 2.75) is 91.3 Å². The van der Waals surface area contributed by atoms with Crippen LogP contribution in [0.25, 0.3) is 0 Å². The Kier molecular flexibility index (Phi) is 4.05. The van der Waals surface area contributed by atoms with Crippen LogP contribution in [0.5, 0.6) is 0 Å². The van der Waals surface area contributed by atoms with Gasteiger partial charge in [-0.15, -0.1) is 0 Å². The molecule has 164 valence electrons. The van der Waals surface area contributed by atoms with Gasteiger partial charge in [0, 0.05) is 5.92 Å². The van der Waals surface area contributed by atoms with Crippen LogP contribution >= 0.6 is 0 Å². The molecule has 0 aromatic carbocycles. The Balaban J connectivity index is 1.69. The number of rotatable bonds is 2. The van der Waals surface area contributed by atoms with Crippen molar-refractivity contribution in [2.75, 3.05) is 0 Å². The van der Waals surface area contributed by atoms with E-state index >= 15 is 0 Å². The Morgan fingerprint density at radius 2 is 1.76 bits per heavy atom. The minimum Gasteiger partial charge on any atom is -0.481 e. The quantitative estimate of drug-likeness (QED) is 0.640. The van der Waals surface area contributed by atoms with Crippen LogP contribution in [0.2, 0.25) is 0 Å². The molecule has 5 saturated carbocycles. The molecule has 11 atom stereocenters. The molecule has 5 aliphatic rings. The summed E-state index contributed by atoms with van der Waals surface area (Å²) < 4.78 is 0. The molecule has 5 aliphatic carbocycles. The van der Waals surface area contributed by atoms with Crippen molar-refractivity contribution >= 4 is 5.97 Å². The third kappa shape index (κ3) is 1.94. The number of carbonyl (C=O) groups is 1. The number of aliphatic hydroxyl groups excluding tert-OH is 1. The summed E-state index contributed by atoms with van der Waals surface area (Å²) in [6, 6.07) is 0. The molecular formula is C25H40O4. The molecule has 0 bridgehead atoms. The third-order valence-electron chi connectivity index (χ3n) is 11.5. The Morgan fingerprint density at radius 1 is 1.07 bits per heavy atom. The topological polar surface area (TPSA) is 77.8 Å². The third-order valence-corrected chi connectivity index (χ3v) is 11.5. The van der Waals surface area contributed by atoms with E-state index in [0.717, 1.165) is 38.5 Å². The number of carboxylic acids is 1. The highest BCUT2D eigenvalue weighted by Gasteiger charge is 2.92. The van der Waals surface area contributed by atoms with Crippen LogP contribution < -0.4 is 0 Å². The number of fused-ring (bicyclic) bond motifs is 4. The molecule has 0 amide bonds. The summed E-state index contributed by atoms with van der Waals surface area (Å²) in [6.07, 6.45) is 5.84. The van der Waals surface area contributed by atoms with Gasteiger partial charge >= 0.3 is 5.97 Å². The summed E-state index contributed by atoms with van der Waals surface area (Å²) in [4.78, 5) is 13.0. The maximum Gasteiger partial charge on any atom is 0.313 e. The molecular weight excluding hydrogens is 364 g/mol. The molecule has 0 heterocycles. The van der Waals surface area contributed by atoms with Gasteiger partial charge in [-0.25, -0.2) is 0 Å². The van der Waals surface area contributed by atoms with E-state index in [1.807, 2.05) is 0 Å². The molecule has 4 heteroatoms. The first kappa shape index (κ1) is 20.3. The van der Waals surface area contributed by atoms with Crippen LogP contribution in [0.15, 0.2) is 0 Å². The highest BCUT2D eigenvalue weighted by molar-refractivity contribution is 5.84. The fourth-order valence-electron chi connectivity index (χ4n) is 10.3. The van der Waals surface area contributed by atoms with Gasteiger partial charge in [0.05, 0.1) is 11.7 Å². The molecule has 0 aromatic heterocycles. The average Bonchev–Trinajstić information content (AvgIpc) is 2.96. The van der Waals surface area contributed by atoms with E-state index < -0.39 is 23.1 Å². The molecule has 0 saturated heterocycles. The first-order chi connectivity index (χ1) is 13.5. The monoisotopic (exact) mass is 404 g/mol. The van der Waals surface area contributed by atoms with E-state index in [9.17, 15) is 20.1 Å². The van der Waals surface area contributed by atoms with Crippen molar-refractivity contribution < 1.29 is 20.1 Å².